The van der Waals surface area contributed by atoms with Crippen molar-refractivity contribution in [2.75, 3.05) is 11.6 Å². The Kier molecular flexibility index (Phi) is 5.96. The van der Waals surface area contributed by atoms with Crippen LogP contribution in [0, 0.1) is 10.1 Å². The van der Waals surface area contributed by atoms with Gasteiger partial charge in [-0.15, -0.1) is 11.8 Å². The van der Waals surface area contributed by atoms with Crippen LogP contribution in [0.2, 0.25) is 0 Å². The number of nitro groups is 1. The number of nitrogens with zero attached hydrogens (tertiary/aromatic N) is 1. The molecule has 6 nitrogen and oxygen atoms in total. The number of sulfone groups is 1. The first-order chi connectivity index (χ1) is 11.8. The maximum atomic E-state index is 12.6. The monoisotopic (exact) mass is 388 g/mol. The summed E-state index contributed by atoms with van der Waals surface area (Å²) in [7, 11) is -4.89. The number of halogens is 2. The molecule has 10 heteroatoms. The standard InChI is InChI=1S/C15H14F2N2O4S2/c1-24-11-4-2-10(3-5-11)9-18-13-7-6-12(8-14(13)19(20)21)25(22,23)15(16)17/h2-8,15,18H,9H2,1H3. The molecule has 0 fully saturated rings. The highest BCUT2D eigenvalue weighted by atomic mass is 32.2. The number of rotatable bonds is 7. The topological polar surface area (TPSA) is 89.3 Å². The lowest BCUT2D eigenvalue weighted by atomic mass is 10.2. The highest BCUT2D eigenvalue weighted by Gasteiger charge is 2.29. The predicted octanol–water partition coefficient (Wildman–Crippen LogP) is 3.93. The predicted molar refractivity (Wildman–Crippen MR) is 91.8 cm³/mol. The molecule has 0 aliphatic rings. The Morgan fingerprint density at radius 1 is 1.20 bits per heavy atom. The maximum absolute atomic E-state index is 12.6. The second-order valence-electron chi connectivity index (χ2n) is 4.94. The average Bonchev–Trinajstić information content (AvgIpc) is 2.59. The van der Waals surface area contributed by atoms with Crippen LogP contribution >= 0.6 is 11.8 Å². The van der Waals surface area contributed by atoms with E-state index < -0.39 is 31.1 Å². The zero-order valence-electron chi connectivity index (χ0n) is 13.0. The van der Waals surface area contributed by atoms with Gasteiger partial charge in [0.05, 0.1) is 9.82 Å². The van der Waals surface area contributed by atoms with Crippen LogP contribution in [0.4, 0.5) is 20.2 Å². The molecule has 25 heavy (non-hydrogen) atoms. The fourth-order valence-electron chi connectivity index (χ4n) is 2.03. The third kappa shape index (κ3) is 4.45. The Balaban J connectivity index is 2.27. The van der Waals surface area contributed by atoms with Gasteiger partial charge in [-0.2, -0.15) is 8.78 Å². The Morgan fingerprint density at radius 2 is 1.84 bits per heavy atom. The van der Waals surface area contributed by atoms with E-state index in [1.54, 1.807) is 11.8 Å². The van der Waals surface area contributed by atoms with E-state index in [1.807, 2.05) is 30.5 Å². The molecule has 0 aliphatic heterocycles. The second kappa shape index (κ2) is 7.79. The fraction of sp³-hybridized carbons (Fsp3) is 0.200. The molecular formula is C15H14F2N2O4S2. The van der Waals surface area contributed by atoms with E-state index in [4.69, 9.17) is 0 Å². The molecule has 2 aromatic carbocycles. The third-order valence-electron chi connectivity index (χ3n) is 3.37. The third-order valence-corrected chi connectivity index (χ3v) is 5.49. The molecule has 0 saturated carbocycles. The maximum Gasteiger partial charge on any atom is 0.341 e. The van der Waals surface area contributed by atoms with Crippen molar-refractivity contribution in [3.63, 3.8) is 0 Å². The highest BCUT2D eigenvalue weighted by Crippen LogP contribution is 2.30. The lowest BCUT2D eigenvalue weighted by Crippen LogP contribution is -2.12. The Hall–Kier alpha value is -2.20. The molecule has 0 saturated heterocycles. The van der Waals surface area contributed by atoms with Crippen LogP contribution in [0.15, 0.2) is 52.3 Å². The van der Waals surface area contributed by atoms with Gasteiger partial charge in [-0.05, 0) is 36.1 Å². The van der Waals surface area contributed by atoms with Crippen LogP contribution in [0.3, 0.4) is 0 Å². The van der Waals surface area contributed by atoms with E-state index in [2.05, 4.69) is 5.32 Å². The molecule has 2 rings (SSSR count). The van der Waals surface area contributed by atoms with Crippen molar-refractivity contribution >= 4 is 33.0 Å². The van der Waals surface area contributed by atoms with Gasteiger partial charge in [0, 0.05) is 17.5 Å². The van der Waals surface area contributed by atoms with Crippen LogP contribution in [0.25, 0.3) is 0 Å². The zero-order chi connectivity index (χ0) is 18.6. The smallest absolute Gasteiger partial charge is 0.341 e. The van der Waals surface area contributed by atoms with Crippen LogP contribution < -0.4 is 5.32 Å². The summed E-state index contributed by atoms with van der Waals surface area (Å²) in [6.07, 6.45) is 1.94. The first-order valence-corrected chi connectivity index (χ1v) is 9.70. The number of thioether (sulfide) groups is 1. The van der Waals surface area contributed by atoms with Gasteiger partial charge >= 0.3 is 5.76 Å². The van der Waals surface area contributed by atoms with Gasteiger partial charge in [0.15, 0.2) is 0 Å². The summed E-state index contributed by atoms with van der Waals surface area (Å²) in [5.41, 5.74) is 0.325. The normalized spacial score (nSPS) is 11.5. The molecule has 134 valence electrons. The molecule has 0 aliphatic carbocycles. The molecule has 0 unspecified atom stereocenters. The number of anilines is 1. The SMILES string of the molecule is CSc1ccc(CNc2ccc(S(=O)(=O)C(F)F)cc2[N+](=O)[O-])cc1. The molecule has 2 aromatic rings. The van der Waals surface area contributed by atoms with Crippen molar-refractivity contribution < 1.29 is 22.1 Å². The Morgan fingerprint density at radius 3 is 2.36 bits per heavy atom. The van der Waals surface area contributed by atoms with Crippen LogP contribution in [-0.4, -0.2) is 25.4 Å². The minimum Gasteiger partial charge on any atom is -0.375 e. The van der Waals surface area contributed by atoms with E-state index in [1.165, 1.54) is 0 Å². The summed E-state index contributed by atoms with van der Waals surface area (Å²) in [6.45, 7) is 0.260. The van der Waals surface area contributed by atoms with E-state index in [0.29, 0.717) is 6.07 Å². The molecule has 0 heterocycles. The quantitative estimate of drug-likeness (QED) is 0.439. The van der Waals surface area contributed by atoms with Gasteiger partial charge in [0.2, 0.25) is 9.84 Å². The van der Waals surface area contributed by atoms with Gasteiger partial charge < -0.3 is 5.32 Å². The molecule has 0 spiro atoms. The molecule has 0 aromatic heterocycles. The number of hydrogen-bond acceptors (Lipinski definition) is 6. The van der Waals surface area contributed by atoms with Crippen LogP contribution in [-0.2, 0) is 16.4 Å². The van der Waals surface area contributed by atoms with E-state index in [-0.39, 0.29) is 12.2 Å². The number of hydrogen-bond donors (Lipinski definition) is 1. The summed E-state index contributed by atoms with van der Waals surface area (Å²) in [4.78, 5) is 10.6. The molecule has 0 bridgehead atoms. The number of alkyl halides is 2. The Labute approximate surface area is 147 Å². The van der Waals surface area contributed by atoms with Crippen LogP contribution in [0.5, 0.6) is 0 Å². The zero-order valence-corrected chi connectivity index (χ0v) is 14.6. The van der Waals surface area contributed by atoms with Gasteiger partial charge in [-0.25, -0.2) is 8.42 Å². The summed E-state index contributed by atoms with van der Waals surface area (Å²) in [6, 6.07) is 10.2. The molecular weight excluding hydrogens is 374 g/mol. The largest absolute Gasteiger partial charge is 0.375 e. The van der Waals surface area contributed by atoms with E-state index in [0.717, 1.165) is 22.6 Å². The average molecular weight is 388 g/mol. The minimum atomic E-state index is -4.89. The summed E-state index contributed by atoms with van der Waals surface area (Å²) in [5.74, 6) is -3.64. The highest BCUT2D eigenvalue weighted by molar-refractivity contribution is 7.98. The fourth-order valence-corrected chi connectivity index (χ4v) is 3.18. The van der Waals surface area contributed by atoms with Gasteiger partial charge in [0.25, 0.3) is 5.69 Å². The molecule has 0 amide bonds. The summed E-state index contributed by atoms with van der Waals surface area (Å²) >= 11 is 1.58. The van der Waals surface area contributed by atoms with Crippen molar-refractivity contribution in [3.8, 4) is 0 Å². The van der Waals surface area contributed by atoms with Crippen molar-refractivity contribution in [2.45, 2.75) is 22.1 Å². The summed E-state index contributed by atoms with van der Waals surface area (Å²) in [5, 5.41) is 14.0. The number of nitro benzene ring substituents is 1. The molecule has 0 radical (unpaired) electrons. The van der Waals surface area contributed by atoms with E-state index >= 15 is 0 Å². The van der Waals surface area contributed by atoms with Gasteiger partial charge in [-0.3, -0.25) is 10.1 Å². The second-order valence-corrected chi connectivity index (χ2v) is 7.74. The minimum absolute atomic E-state index is 0.0483. The van der Waals surface area contributed by atoms with Crippen molar-refractivity contribution in [1.82, 2.24) is 0 Å². The molecule has 0 atom stereocenters. The lowest BCUT2D eigenvalue weighted by molar-refractivity contribution is -0.384. The van der Waals surface area contributed by atoms with E-state index in [9.17, 15) is 27.3 Å². The number of nitrogens with one attached hydrogen (secondary N) is 1. The first kappa shape index (κ1) is 19.1. The van der Waals surface area contributed by atoms with Crippen LogP contribution in [0.1, 0.15) is 5.56 Å². The lowest BCUT2D eigenvalue weighted by Gasteiger charge is -2.09. The number of benzene rings is 2. The first-order valence-electron chi connectivity index (χ1n) is 6.93. The Bertz CT molecular complexity index is 872. The van der Waals surface area contributed by atoms with Crippen molar-refractivity contribution in [2.24, 2.45) is 0 Å². The molecule has 1 N–H and O–H groups in total. The van der Waals surface area contributed by atoms with Crippen molar-refractivity contribution in [1.29, 1.82) is 0 Å². The summed E-state index contributed by atoms with van der Waals surface area (Å²) < 4.78 is 48.1. The van der Waals surface area contributed by atoms with Gasteiger partial charge in [-0.1, -0.05) is 12.1 Å². The van der Waals surface area contributed by atoms with Gasteiger partial charge in [0.1, 0.15) is 5.69 Å². The van der Waals surface area contributed by atoms with Crippen molar-refractivity contribution in [3.05, 3.63) is 58.1 Å².